The standard InChI is InChI=1S/C39H68N14O11S/c1-21(2)16-22(17-30(56)53-64)35(60)49-24(9-7-15-45-38(42)43)37(62)50-25(12-13-28(40)54)36(61)47-18-31(57)46-19-32(58)48-23(34(41)59)8-5-6-14-44-29(55)11-4-3-10-27-33-26(20-65-27)51-39(63)52-33/h21-27,33,64H,3-20H2,1-2H3,(H2,40,54)(H2,41,59)(H,44,55)(H,46,57)(H,47,61)(H,48,58)(H,49,60)(H,50,62)(H,53,56)(H4,42,43,45)(H2,51,52,63)/t22?,23-,24-,25-,26-,27-,33-/m0/s1. The molecule has 0 aliphatic carbocycles. The van der Waals surface area contributed by atoms with Crippen LogP contribution in [-0.2, 0) is 43.2 Å². The number of urea groups is 1. The second-order valence-corrected chi connectivity index (χ2v) is 17.6. The van der Waals surface area contributed by atoms with Crippen molar-refractivity contribution in [2.45, 2.75) is 133 Å². The molecule has 366 valence electrons. The fourth-order valence-electron chi connectivity index (χ4n) is 7.14. The summed E-state index contributed by atoms with van der Waals surface area (Å²) >= 11 is 1.82. The molecule has 7 atom stereocenters. The summed E-state index contributed by atoms with van der Waals surface area (Å²) in [7, 11) is 0. The zero-order valence-electron chi connectivity index (χ0n) is 37.0. The van der Waals surface area contributed by atoms with Crippen LogP contribution in [0.15, 0.2) is 4.99 Å². The highest BCUT2D eigenvalue weighted by atomic mass is 32.2. The normalized spacial score (nSPS) is 18.0. The van der Waals surface area contributed by atoms with Gasteiger partial charge in [-0.25, -0.2) is 10.3 Å². The maximum absolute atomic E-state index is 13.6. The molecule has 1 unspecified atom stereocenters. The van der Waals surface area contributed by atoms with Crippen LogP contribution in [0.1, 0.15) is 97.3 Å². The maximum atomic E-state index is 13.6. The smallest absolute Gasteiger partial charge is 0.315 e. The average Bonchev–Trinajstić information content (AvgIpc) is 3.80. The van der Waals surface area contributed by atoms with Crippen LogP contribution < -0.4 is 70.9 Å². The zero-order valence-corrected chi connectivity index (χ0v) is 37.9. The third-order valence-electron chi connectivity index (χ3n) is 10.4. The minimum atomic E-state index is -1.42. The van der Waals surface area contributed by atoms with E-state index in [0.29, 0.717) is 37.5 Å². The molecule has 18 N–H and O–H groups in total. The second-order valence-electron chi connectivity index (χ2n) is 16.4. The number of hydrogen-bond donors (Lipinski definition) is 14. The topological polar surface area (TPSA) is 416 Å². The molecule has 0 aromatic heterocycles. The average molecular weight is 941 g/mol. The quantitative estimate of drug-likeness (QED) is 0.00765. The number of hydroxylamine groups is 1. The predicted molar refractivity (Wildman–Crippen MR) is 238 cm³/mol. The number of amides is 11. The van der Waals surface area contributed by atoms with Gasteiger partial charge in [0.1, 0.15) is 18.1 Å². The molecule has 0 aromatic rings. The van der Waals surface area contributed by atoms with Gasteiger partial charge in [0.2, 0.25) is 53.2 Å². The number of thioether (sulfide) groups is 1. The first-order valence-electron chi connectivity index (χ1n) is 21.7. The number of nitrogens with one attached hydrogen (secondary N) is 9. The first kappa shape index (κ1) is 55.2. The number of nitrogens with two attached hydrogens (primary N) is 4. The highest BCUT2D eigenvalue weighted by molar-refractivity contribution is 8.00. The first-order valence-corrected chi connectivity index (χ1v) is 22.8. The number of hydrogen-bond acceptors (Lipinski definition) is 13. The molecule has 65 heavy (non-hydrogen) atoms. The predicted octanol–water partition coefficient (Wildman–Crippen LogP) is -3.95. The molecule has 0 aromatic carbocycles. The van der Waals surface area contributed by atoms with Gasteiger partial charge in [0.25, 0.3) is 0 Å². The van der Waals surface area contributed by atoms with Gasteiger partial charge in [-0.1, -0.05) is 20.3 Å². The molecule has 2 fully saturated rings. The van der Waals surface area contributed by atoms with Gasteiger partial charge < -0.3 is 65.5 Å². The van der Waals surface area contributed by atoms with E-state index in [1.54, 1.807) is 0 Å². The molecule has 2 aliphatic heterocycles. The van der Waals surface area contributed by atoms with Crippen LogP contribution in [0.25, 0.3) is 0 Å². The molecule has 2 saturated heterocycles. The number of rotatable bonds is 32. The lowest BCUT2D eigenvalue weighted by molar-refractivity contribution is -0.137. The molecule has 0 radical (unpaired) electrons. The molecule has 2 aliphatic rings. The molecule has 0 spiro atoms. The van der Waals surface area contributed by atoms with E-state index in [4.69, 9.17) is 28.1 Å². The molecule has 2 heterocycles. The van der Waals surface area contributed by atoms with Crippen molar-refractivity contribution in [2.75, 3.05) is 31.9 Å². The third-order valence-corrected chi connectivity index (χ3v) is 12.0. The van der Waals surface area contributed by atoms with E-state index >= 15 is 0 Å². The molecule has 0 bridgehead atoms. The van der Waals surface area contributed by atoms with Crippen LogP contribution in [-0.4, -0.2) is 138 Å². The van der Waals surface area contributed by atoms with Gasteiger partial charge in [-0.3, -0.25) is 53.4 Å². The highest BCUT2D eigenvalue weighted by Crippen LogP contribution is 2.33. The van der Waals surface area contributed by atoms with E-state index in [9.17, 15) is 47.9 Å². The molecule has 0 saturated carbocycles. The summed E-state index contributed by atoms with van der Waals surface area (Å²) < 4.78 is 0. The summed E-state index contributed by atoms with van der Waals surface area (Å²) in [5.41, 5.74) is 23.0. The van der Waals surface area contributed by atoms with E-state index in [2.05, 4.69) is 47.5 Å². The van der Waals surface area contributed by atoms with E-state index < -0.39 is 84.4 Å². The van der Waals surface area contributed by atoms with Gasteiger partial charge in [0.05, 0.1) is 25.2 Å². The fraction of sp³-hybridized carbons (Fsp3) is 0.718. The lowest BCUT2D eigenvalue weighted by atomic mass is 9.92. The third kappa shape index (κ3) is 22.5. The van der Waals surface area contributed by atoms with Crippen molar-refractivity contribution < 1.29 is 53.2 Å². The second kappa shape index (κ2) is 29.5. The number of aliphatic imine (C=N–C) groups is 1. The molecular weight excluding hydrogens is 873 g/mol. The number of unbranched alkanes of at least 4 members (excludes halogenated alkanes) is 2. The van der Waals surface area contributed by atoms with Crippen molar-refractivity contribution in [3.63, 3.8) is 0 Å². The number of carbonyl (C=O) groups is 10. The Bertz CT molecular complexity index is 1700. The maximum Gasteiger partial charge on any atom is 0.315 e. The summed E-state index contributed by atoms with van der Waals surface area (Å²) in [5, 5.41) is 30.2. The molecule has 11 amide bonds. The van der Waals surface area contributed by atoms with Crippen LogP contribution in [0.2, 0.25) is 0 Å². The van der Waals surface area contributed by atoms with Crippen molar-refractivity contribution >= 4 is 76.9 Å². The van der Waals surface area contributed by atoms with Gasteiger partial charge in [-0.2, -0.15) is 11.8 Å². The zero-order chi connectivity index (χ0) is 48.5. The summed E-state index contributed by atoms with van der Waals surface area (Å²) in [4.78, 5) is 129. The number of fused-ring (bicyclic) bond motifs is 1. The van der Waals surface area contributed by atoms with Crippen LogP contribution in [0.5, 0.6) is 0 Å². The van der Waals surface area contributed by atoms with Gasteiger partial charge in [-0.15, -0.1) is 0 Å². The lowest BCUT2D eigenvalue weighted by Gasteiger charge is -2.25. The Morgan fingerprint density at radius 1 is 0.723 bits per heavy atom. The monoisotopic (exact) mass is 940 g/mol. The van der Waals surface area contributed by atoms with Crippen LogP contribution in [0, 0.1) is 11.8 Å². The van der Waals surface area contributed by atoms with Gasteiger partial charge in [0.15, 0.2) is 5.96 Å². The summed E-state index contributed by atoms with van der Waals surface area (Å²) in [6.07, 6.45) is 3.33. The van der Waals surface area contributed by atoms with Gasteiger partial charge >= 0.3 is 6.03 Å². The Morgan fingerprint density at radius 3 is 2.06 bits per heavy atom. The van der Waals surface area contributed by atoms with Crippen LogP contribution in [0.3, 0.4) is 0 Å². The van der Waals surface area contributed by atoms with Crippen molar-refractivity contribution in [1.82, 2.24) is 48.0 Å². The highest BCUT2D eigenvalue weighted by Gasteiger charge is 2.42. The SMILES string of the molecule is CC(C)CC(CC(=O)NO)C(=O)N[C@@H](CCCN=C(N)N)C(=O)N[C@@H](CCC(N)=O)C(=O)NCC(=O)NCC(=O)N[C@@H](CCCCNC(=O)CCCC[C@@H]1SC[C@@H]2NC(=O)N[C@@H]21)C(N)=O. The summed E-state index contributed by atoms with van der Waals surface area (Å²) in [5.74, 6) is -6.81. The Kier molecular flexibility index (Phi) is 25.1. The number of primary amides is 2. The summed E-state index contributed by atoms with van der Waals surface area (Å²) in [6.45, 7) is 2.82. The fourth-order valence-corrected chi connectivity index (χ4v) is 8.68. The number of nitrogens with zero attached hydrogens (tertiary/aromatic N) is 1. The van der Waals surface area contributed by atoms with Crippen molar-refractivity contribution in [3.8, 4) is 0 Å². The Balaban J connectivity index is 1.83. The minimum absolute atomic E-state index is 0.0246. The van der Waals surface area contributed by atoms with Crippen molar-refractivity contribution in [2.24, 2.45) is 39.8 Å². The number of guanidine groups is 1. The number of carbonyl (C=O) groups excluding carboxylic acids is 10. The van der Waals surface area contributed by atoms with Crippen molar-refractivity contribution in [1.29, 1.82) is 0 Å². The largest absolute Gasteiger partial charge is 0.370 e. The van der Waals surface area contributed by atoms with E-state index in [1.807, 2.05) is 25.6 Å². The van der Waals surface area contributed by atoms with Crippen LogP contribution in [0.4, 0.5) is 4.79 Å². The van der Waals surface area contributed by atoms with E-state index in [-0.39, 0.29) is 87.4 Å². The molecule has 25 nitrogen and oxygen atoms in total. The van der Waals surface area contributed by atoms with Gasteiger partial charge in [-0.05, 0) is 63.7 Å². The van der Waals surface area contributed by atoms with Gasteiger partial charge in [0, 0.05) is 49.3 Å². The molecule has 26 heteroatoms. The molecular formula is C39H68N14O11S. The van der Waals surface area contributed by atoms with Crippen LogP contribution >= 0.6 is 11.8 Å². The summed E-state index contributed by atoms with van der Waals surface area (Å²) in [6, 6.07) is -3.61. The Morgan fingerprint density at radius 2 is 1.40 bits per heavy atom. The minimum Gasteiger partial charge on any atom is -0.370 e. The van der Waals surface area contributed by atoms with E-state index in [1.165, 1.54) is 5.48 Å². The molecule has 2 rings (SSSR count). The van der Waals surface area contributed by atoms with Crippen molar-refractivity contribution in [3.05, 3.63) is 0 Å². The lowest BCUT2D eigenvalue weighted by Crippen LogP contribution is -2.55. The Labute approximate surface area is 381 Å². The Hall–Kier alpha value is -5.92. The van der Waals surface area contributed by atoms with E-state index in [0.717, 1.165) is 18.6 Å². The first-order chi connectivity index (χ1) is 30.8.